The Morgan fingerprint density at radius 2 is 1.84 bits per heavy atom. The summed E-state index contributed by atoms with van der Waals surface area (Å²) in [7, 11) is 1.21. The van der Waals surface area contributed by atoms with Crippen LogP contribution in [0.25, 0.3) is 6.08 Å². The van der Waals surface area contributed by atoms with Crippen molar-refractivity contribution < 1.29 is 28.6 Å². The molecule has 7 nitrogen and oxygen atoms in total. The third kappa shape index (κ3) is 5.27. The second-order valence-corrected chi connectivity index (χ2v) is 7.66. The standard InChI is InChI=1S/C23H23NO6S/c1-4-29-19-12-17(10-11-18(19)30-14-16-8-6-5-7-9-16)13-20-21(25)24(23(27)31-20)15(2)22(26)28-3/h5-13,15H,4,14H2,1-3H3/b20-13+/t15-/m1/s1. The van der Waals surface area contributed by atoms with E-state index in [4.69, 9.17) is 9.47 Å². The zero-order valence-corrected chi connectivity index (χ0v) is 18.3. The largest absolute Gasteiger partial charge is 0.490 e. The van der Waals surface area contributed by atoms with Crippen LogP contribution in [0, 0.1) is 0 Å². The smallest absolute Gasteiger partial charge is 0.328 e. The lowest BCUT2D eigenvalue weighted by Gasteiger charge is -2.18. The highest BCUT2D eigenvalue weighted by molar-refractivity contribution is 8.18. The molecule has 0 aromatic heterocycles. The highest BCUT2D eigenvalue weighted by Gasteiger charge is 2.41. The Hall–Kier alpha value is -3.26. The van der Waals surface area contributed by atoms with Crippen molar-refractivity contribution in [1.29, 1.82) is 0 Å². The topological polar surface area (TPSA) is 82.1 Å². The van der Waals surface area contributed by atoms with E-state index in [9.17, 15) is 14.4 Å². The normalized spacial score (nSPS) is 15.8. The van der Waals surface area contributed by atoms with Gasteiger partial charge in [-0.05, 0) is 54.9 Å². The first-order valence-corrected chi connectivity index (χ1v) is 10.5. The number of ether oxygens (including phenoxy) is 3. The number of nitrogens with zero attached hydrogens (tertiary/aromatic N) is 1. The van der Waals surface area contributed by atoms with Gasteiger partial charge in [0.05, 0.1) is 18.6 Å². The molecular formula is C23H23NO6S. The van der Waals surface area contributed by atoms with Crippen molar-refractivity contribution >= 4 is 35.0 Å². The predicted molar refractivity (Wildman–Crippen MR) is 118 cm³/mol. The van der Waals surface area contributed by atoms with Crippen LogP contribution in [0.15, 0.2) is 53.4 Å². The molecule has 162 valence electrons. The molecule has 1 atom stereocenters. The molecule has 0 unspecified atom stereocenters. The van der Waals surface area contributed by atoms with Crippen LogP contribution in [0.4, 0.5) is 4.79 Å². The molecule has 1 fully saturated rings. The summed E-state index contributed by atoms with van der Waals surface area (Å²) in [5.74, 6) is -0.0676. The van der Waals surface area contributed by atoms with Crippen LogP contribution in [0.5, 0.6) is 11.5 Å². The van der Waals surface area contributed by atoms with Gasteiger partial charge in [-0.15, -0.1) is 0 Å². The van der Waals surface area contributed by atoms with Gasteiger partial charge in [-0.3, -0.25) is 14.5 Å². The number of carbonyl (C=O) groups excluding carboxylic acids is 3. The first-order chi connectivity index (χ1) is 14.9. The summed E-state index contributed by atoms with van der Waals surface area (Å²) in [4.78, 5) is 37.8. The summed E-state index contributed by atoms with van der Waals surface area (Å²) in [5.41, 5.74) is 1.70. The highest BCUT2D eigenvalue weighted by Crippen LogP contribution is 2.36. The van der Waals surface area contributed by atoms with Gasteiger partial charge in [-0.1, -0.05) is 36.4 Å². The molecule has 2 aromatic carbocycles. The molecule has 8 heteroatoms. The SMILES string of the molecule is CCOc1cc(/C=C2/SC(=O)N([C@H](C)C(=O)OC)C2=O)ccc1OCc1ccccc1. The lowest BCUT2D eigenvalue weighted by molar-refractivity contribution is -0.148. The van der Waals surface area contributed by atoms with Gasteiger partial charge in [0.1, 0.15) is 12.6 Å². The third-order valence-electron chi connectivity index (χ3n) is 4.56. The summed E-state index contributed by atoms with van der Waals surface area (Å²) < 4.78 is 16.2. The van der Waals surface area contributed by atoms with Crippen molar-refractivity contribution in [2.24, 2.45) is 0 Å². The van der Waals surface area contributed by atoms with E-state index < -0.39 is 23.2 Å². The van der Waals surface area contributed by atoms with E-state index in [0.717, 1.165) is 22.2 Å². The Balaban J connectivity index is 1.80. The van der Waals surface area contributed by atoms with Crippen molar-refractivity contribution in [1.82, 2.24) is 4.90 Å². The lowest BCUT2D eigenvalue weighted by atomic mass is 10.1. The number of carbonyl (C=O) groups is 3. The van der Waals surface area contributed by atoms with Gasteiger partial charge in [0.2, 0.25) is 0 Å². The van der Waals surface area contributed by atoms with Gasteiger partial charge in [0.25, 0.3) is 11.1 Å². The first kappa shape index (κ1) is 22.4. The second kappa shape index (κ2) is 10.2. The Labute approximate surface area is 185 Å². The minimum absolute atomic E-state index is 0.223. The van der Waals surface area contributed by atoms with Crippen LogP contribution in [0.2, 0.25) is 0 Å². The number of imide groups is 1. The summed E-state index contributed by atoms with van der Waals surface area (Å²) in [6, 6.07) is 14.1. The van der Waals surface area contributed by atoms with Crippen molar-refractivity contribution in [3.8, 4) is 11.5 Å². The first-order valence-electron chi connectivity index (χ1n) is 9.73. The van der Waals surface area contributed by atoms with Gasteiger partial charge in [0.15, 0.2) is 11.5 Å². The van der Waals surface area contributed by atoms with Crippen LogP contribution < -0.4 is 9.47 Å². The molecule has 2 amide bonds. The lowest BCUT2D eigenvalue weighted by Crippen LogP contribution is -2.42. The van der Waals surface area contributed by atoms with E-state index in [1.807, 2.05) is 37.3 Å². The fourth-order valence-electron chi connectivity index (χ4n) is 2.98. The van der Waals surface area contributed by atoms with Crippen LogP contribution >= 0.6 is 11.8 Å². The quantitative estimate of drug-likeness (QED) is 0.447. The van der Waals surface area contributed by atoms with Gasteiger partial charge >= 0.3 is 5.97 Å². The molecule has 0 aliphatic carbocycles. The molecule has 1 aliphatic heterocycles. The van der Waals surface area contributed by atoms with Crippen LogP contribution in [0.1, 0.15) is 25.0 Å². The van der Waals surface area contributed by atoms with E-state index in [1.54, 1.807) is 24.3 Å². The molecule has 2 aromatic rings. The van der Waals surface area contributed by atoms with Crippen molar-refractivity contribution in [3.05, 3.63) is 64.6 Å². The number of esters is 1. The molecule has 1 saturated heterocycles. The van der Waals surface area contributed by atoms with E-state index in [1.165, 1.54) is 14.0 Å². The van der Waals surface area contributed by atoms with Crippen LogP contribution in [-0.2, 0) is 20.9 Å². The average Bonchev–Trinajstić information content (AvgIpc) is 3.05. The Morgan fingerprint density at radius 1 is 1.10 bits per heavy atom. The number of rotatable bonds is 8. The van der Waals surface area contributed by atoms with E-state index in [0.29, 0.717) is 30.3 Å². The molecule has 31 heavy (non-hydrogen) atoms. The number of benzene rings is 2. The van der Waals surface area contributed by atoms with Gasteiger partial charge < -0.3 is 14.2 Å². The Morgan fingerprint density at radius 3 is 2.52 bits per heavy atom. The summed E-state index contributed by atoms with van der Waals surface area (Å²) in [5, 5.41) is -0.512. The highest BCUT2D eigenvalue weighted by atomic mass is 32.2. The van der Waals surface area contributed by atoms with Gasteiger partial charge in [-0.2, -0.15) is 0 Å². The minimum atomic E-state index is -0.990. The van der Waals surface area contributed by atoms with E-state index in [-0.39, 0.29) is 4.91 Å². The van der Waals surface area contributed by atoms with Crippen LogP contribution in [-0.4, -0.2) is 41.8 Å². The zero-order valence-electron chi connectivity index (χ0n) is 17.5. The summed E-state index contributed by atoms with van der Waals surface area (Å²) in [6.07, 6.45) is 1.60. The molecule has 0 radical (unpaired) electrons. The van der Waals surface area contributed by atoms with E-state index >= 15 is 0 Å². The average molecular weight is 442 g/mol. The monoisotopic (exact) mass is 441 g/mol. The molecule has 0 N–H and O–H groups in total. The molecule has 0 bridgehead atoms. The number of methoxy groups -OCH3 is 1. The molecule has 1 heterocycles. The fourth-order valence-corrected chi connectivity index (χ4v) is 3.89. The summed E-state index contributed by atoms with van der Waals surface area (Å²) >= 11 is 0.782. The van der Waals surface area contributed by atoms with E-state index in [2.05, 4.69) is 4.74 Å². The van der Waals surface area contributed by atoms with Crippen molar-refractivity contribution in [2.75, 3.05) is 13.7 Å². The number of hydrogen-bond donors (Lipinski definition) is 0. The maximum atomic E-state index is 12.7. The summed E-state index contributed by atoms with van der Waals surface area (Å²) in [6.45, 7) is 4.16. The second-order valence-electron chi connectivity index (χ2n) is 6.66. The Kier molecular flexibility index (Phi) is 7.36. The van der Waals surface area contributed by atoms with Gasteiger partial charge in [0, 0.05) is 0 Å². The molecule has 0 spiro atoms. The molecule has 3 rings (SSSR count). The fraction of sp³-hybridized carbons (Fsp3) is 0.261. The number of hydrogen-bond acceptors (Lipinski definition) is 7. The number of amides is 2. The molecule has 1 aliphatic rings. The number of thioether (sulfide) groups is 1. The van der Waals surface area contributed by atoms with Crippen LogP contribution in [0.3, 0.4) is 0 Å². The zero-order chi connectivity index (χ0) is 22.4. The minimum Gasteiger partial charge on any atom is -0.490 e. The maximum Gasteiger partial charge on any atom is 0.328 e. The Bertz CT molecular complexity index is 1000. The molecular weight excluding hydrogens is 418 g/mol. The van der Waals surface area contributed by atoms with Gasteiger partial charge in [-0.25, -0.2) is 4.79 Å². The van der Waals surface area contributed by atoms with Crippen molar-refractivity contribution in [3.63, 3.8) is 0 Å². The molecule has 0 saturated carbocycles. The van der Waals surface area contributed by atoms with Crippen molar-refractivity contribution in [2.45, 2.75) is 26.5 Å². The third-order valence-corrected chi connectivity index (χ3v) is 5.44. The maximum absolute atomic E-state index is 12.7. The predicted octanol–water partition coefficient (Wildman–Crippen LogP) is 4.26.